The van der Waals surface area contributed by atoms with Crippen molar-refractivity contribution in [2.75, 3.05) is 0 Å². The topological polar surface area (TPSA) is 63.7 Å². The molecule has 5 heteroatoms. The van der Waals surface area contributed by atoms with Crippen LogP contribution in [0, 0.1) is 0 Å². The zero-order valence-electron chi connectivity index (χ0n) is 15.6. The van der Waals surface area contributed by atoms with Crippen molar-refractivity contribution < 1.29 is 19.1 Å². The summed E-state index contributed by atoms with van der Waals surface area (Å²) in [6.45, 7) is 9.11. The summed E-state index contributed by atoms with van der Waals surface area (Å²) in [4.78, 5) is 39.6. The average molecular weight is 363 g/mol. The van der Waals surface area contributed by atoms with E-state index in [1.165, 1.54) is 0 Å². The van der Waals surface area contributed by atoms with Crippen molar-refractivity contribution in [2.24, 2.45) is 0 Å². The van der Waals surface area contributed by atoms with Crippen molar-refractivity contribution in [2.45, 2.75) is 32.4 Å². The van der Waals surface area contributed by atoms with Crippen LogP contribution in [0.1, 0.15) is 53.1 Å². The fraction of sp³-hybridized carbons (Fsp3) is 0.227. The molecule has 1 unspecified atom stereocenters. The van der Waals surface area contributed by atoms with Gasteiger partial charge in [0.25, 0.3) is 11.8 Å². The first kappa shape index (κ1) is 18.6. The second-order valence-corrected chi connectivity index (χ2v) is 7.37. The van der Waals surface area contributed by atoms with E-state index in [1.807, 2.05) is 6.07 Å². The Morgan fingerprint density at radius 3 is 1.89 bits per heavy atom. The van der Waals surface area contributed by atoms with Crippen molar-refractivity contribution in [3.05, 3.63) is 83.4 Å². The molecular weight excluding hydrogens is 342 g/mol. The van der Waals surface area contributed by atoms with Crippen molar-refractivity contribution in [3.63, 3.8) is 0 Å². The van der Waals surface area contributed by atoms with Crippen LogP contribution in [0.15, 0.2) is 66.7 Å². The lowest BCUT2D eigenvalue weighted by atomic mass is 9.97. The molecule has 1 heterocycles. The van der Waals surface area contributed by atoms with Crippen molar-refractivity contribution in [1.82, 2.24) is 4.90 Å². The molecule has 3 rings (SSSR count). The molecule has 0 fully saturated rings. The average Bonchev–Trinajstić information content (AvgIpc) is 2.87. The summed E-state index contributed by atoms with van der Waals surface area (Å²) in [6, 6.07) is 14.6. The zero-order chi connectivity index (χ0) is 19.8. The normalized spacial score (nSPS) is 14.7. The lowest BCUT2D eigenvalue weighted by Crippen LogP contribution is -2.38. The standard InChI is InChI=1S/C22H21NO4/c1-14(21(26)27-22(2,3)4)18(15-10-6-5-7-11-15)23-19(24)16-12-8-9-13-17(16)20(23)25/h5-13,18H,1H2,2-4H3. The fourth-order valence-electron chi connectivity index (χ4n) is 3.04. The first-order chi connectivity index (χ1) is 12.7. The summed E-state index contributed by atoms with van der Waals surface area (Å²) in [5, 5.41) is 0. The molecule has 0 aromatic heterocycles. The molecule has 0 spiro atoms. The smallest absolute Gasteiger partial charge is 0.336 e. The van der Waals surface area contributed by atoms with E-state index in [0.717, 1.165) is 4.90 Å². The molecule has 0 saturated carbocycles. The van der Waals surface area contributed by atoms with E-state index in [1.54, 1.807) is 69.3 Å². The summed E-state index contributed by atoms with van der Waals surface area (Å²) in [6.07, 6.45) is 0. The first-order valence-corrected chi connectivity index (χ1v) is 8.64. The maximum absolute atomic E-state index is 12.9. The molecule has 0 saturated heterocycles. The van der Waals surface area contributed by atoms with Gasteiger partial charge in [-0.15, -0.1) is 0 Å². The molecular formula is C22H21NO4. The number of hydrogen-bond donors (Lipinski definition) is 0. The van der Waals surface area contributed by atoms with Crippen LogP contribution in [0.25, 0.3) is 0 Å². The van der Waals surface area contributed by atoms with E-state index in [-0.39, 0.29) is 5.57 Å². The van der Waals surface area contributed by atoms with E-state index < -0.39 is 29.4 Å². The Bertz CT molecular complexity index is 890. The van der Waals surface area contributed by atoms with Gasteiger partial charge < -0.3 is 4.74 Å². The van der Waals surface area contributed by atoms with Gasteiger partial charge in [0, 0.05) is 0 Å². The number of esters is 1. The molecule has 1 aliphatic heterocycles. The van der Waals surface area contributed by atoms with Crippen molar-refractivity contribution in [3.8, 4) is 0 Å². The molecule has 5 nitrogen and oxygen atoms in total. The number of rotatable bonds is 4. The number of carbonyl (C=O) groups is 3. The predicted octanol–water partition coefficient (Wildman–Crippen LogP) is 3.92. The minimum Gasteiger partial charge on any atom is -0.457 e. The third kappa shape index (κ3) is 3.53. The number of fused-ring (bicyclic) bond motifs is 1. The highest BCUT2D eigenvalue weighted by atomic mass is 16.6. The number of ether oxygens (including phenoxy) is 1. The number of imide groups is 1. The van der Waals surface area contributed by atoms with E-state index >= 15 is 0 Å². The molecule has 2 aromatic rings. The molecule has 1 aliphatic rings. The minimum absolute atomic E-state index is 0.0330. The maximum Gasteiger partial charge on any atom is 0.336 e. The summed E-state index contributed by atoms with van der Waals surface area (Å²) in [7, 11) is 0. The summed E-state index contributed by atoms with van der Waals surface area (Å²) >= 11 is 0. The molecule has 2 amide bonds. The highest BCUT2D eigenvalue weighted by molar-refractivity contribution is 6.22. The van der Waals surface area contributed by atoms with Gasteiger partial charge >= 0.3 is 5.97 Å². The van der Waals surface area contributed by atoms with Gasteiger partial charge in [-0.05, 0) is 38.5 Å². The number of hydrogen-bond acceptors (Lipinski definition) is 4. The number of benzene rings is 2. The molecule has 0 radical (unpaired) electrons. The highest BCUT2D eigenvalue weighted by Gasteiger charge is 2.43. The number of nitrogens with zero attached hydrogens (tertiary/aromatic N) is 1. The van der Waals surface area contributed by atoms with Crippen LogP contribution in [-0.4, -0.2) is 28.3 Å². The van der Waals surface area contributed by atoms with E-state index in [4.69, 9.17) is 4.74 Å². The summed E-state index contributed by atoms with van der Waals surface area (Å²) in [5.74, 6) is -1.55. The van der Waals surface area contributed by atoms with Crippen LogP contribution in [-0.2, 0) is 9.53 Å². The molecule has 1 atom stereocenters. The molecule has 0 bridgehead atoms. The fourth-order valence-corrected chi connectivity index (χ4v) is 3.04. The minimum atomic E-state index is -0.937. The van der Waals surface area contributed by atoms with Gasteiger partial charge in [-0.1, -0.05) is 49.0 Å². The summed E-state index contributed by atoms with van der Waals surface area (Å²) < 4.78 is 5.42. The molecule has 0 N–H and O–H groups in total. The van der Waals surface area contributed by atoms with Crippen LogP contribution in [0.2, 0.25) is 0 Å². The van der Waals surface area contributed by atoms with Crippen LogP contribution in [0.4, 0.5) is 0 Å². The van der Waals surface area contributed by atoms with Crippen LogP contribution < -0.4 is 0 Å². The Hall–Kier alpha value is -3.21. The highest BCUT2D eigenvalue weighted by Crippen LogP contribution is 2.36. The van der Waals surface area contributed by atoms with Crippen LogP contribution in [0.5, 0.6) is 0 Å². The summed E-state index contributed by atoms with van der Waals surface area (Å²) in [5.41, 5.74) is 0.567. The molecule has 2 aromatic carbocycles. The quantitative estimate of drug-likeness (QED) is 0.469. The molecule has 27 heavy (non-hydrogen) atoms. The van der Waals surface area contributed by atoms with Gasteiger partial charge in [-0.25, -0.2) is 4.79 Å². The Balaban J connectivity index is 2.05. The van der Waals surface area contributed by atoms with Crippen LogP contribution >= 0.6 is 0 Å². The van der Waals surface area contributed by atoms with Gasteiger partial charge in [0.15, 0.2) is 0 Å². The third-order valence-corrected chi connectivity index (χ3v) is 4.19. The Morgan fingerprint density at radius 1 is 0.926 bits per heavy atom. The van der Waals surface area contributed by atoms with Gasteiger partial charge in [-0.3, -0.25) is 14.5 Å². The largest absolute Gasteiger partial charge is 0.457 e. The molecule has 138 valence electrons. The van der Waals surface area contributed by atoms with E-state index in [0.29, 0.717) is 16.7 Å². The first-order valence-electron chi connectivity index (χ1n) is 8.64. The van der Waals surface area contributed by atoms with Crippen molar-refractivity contribution in [1.29, 1.82) is 0 Å². The third-order valence-electron chi connectivity index (χ3n) is 4.19. The van der Waals surface area contributed by atoms with Crippen molar-refractivity contribution >= 4 is 17.8 Å². The van der Waals surface area contributed by atoms with Crippen LogP contribution in [0.3, 0.4) is 0 Å². The van der Waals surface area contributed by atoms with Gasteiger partial charge in [0.1, 0.15) is 5.60 Å². The lowest BCUT2D eigenvalue weighted by molar-refractivity contribution is -0.150. The monoisotopic (exact) mass is 363 g/mol. The number of amides is 2. The number of carbonyl (C=O) groups excluding carboxylic acids is 3. The SMILES string of the molecule is C=C(C(=O)OC(C)(C)C)C(c1ccccc1)N1C(=O)c2ccccc2C1=O. The maximum atomic E-state index is 12.9. The zero-order valence-corrected chi connectivity index (χ0v) is 15.6. The lowest BCUT2D eigenvalue weighted by Gasteiger charge is -2.29. The predicted molar refractivity (Wildman–Crippen MR) is 101 cm³/mol. The second kappa shape index (κ2) is 6.83. The van der Waals surface area contributed by atoms with Gasteiger partial charge in [-0.2, -0.15) is 0 Å². The molecule has 0 aliphatic carbocycles. The van der Waals surface area contributed by atoms with E-state index in [2.05, 4.69) is 6.58 Å². The van der Waals surface area contributed by atoms with E-state index in [9.17, 15) is 14.4 Å². The Labute approximate surface area is 158 Å². The van der Waals surface area contributed by atoms with Gasteiger partial charge in [0.05, 0.1) is 22.7 Å². The van der Waals surface area contributed by atoms with Gasteiger partial charge in [0.2, 0.25) is 0 Å². The second-order valence-electron chi connectivity index (χ2n) is 7.37. The Morgan fingerprint density at radius 2 is 1.41 bits per heavy atom. The Kier molecular flexibility index (Phi) is 4.70.